The molecule has 2 heterocycles. The maximum atomic E-state index is 12.4. The molecule has 2 N–H and O–H groups in total. The third-order valence-electron chi connectivity index (χ3n) is 3.92. The predicted molar refractivity (Wildman–Crippen MR) is 71.7 cm³/mol. The second-order valence-corrected chi connectivity index (χ2v) is 6.38. The number of likely N-dealkylation sites (tertiary alicyclic amines) is 1. The predicted octanol–water partition coefficient (Wildman–Crippen LogP) is 1.83. The van der Waals surface area contributed by atoms with Crippen LogP contribution >= 0.6 is 11.3 Å². The van der Waals surface area contributed by atoms with Gasteiger partial charge in [0.25, 0.3) is 5.91 Å². The van der Waals surface area contributed by atoms with Gasteiger partial charge >= 0.3 is 0 Å². The number of thiazole rings is 1. The Morgan fingerprint density at radius 2 is 2.39 bits per heavy atom. The lowest BCUT2D eigenvalue weighted by atomic mass is 10.1. The van der Waals surface area contributed by atoms with Gasteiger partial charge in [-0.25, -0.2) is 4.98 Å². The minimum absolute atomic E-state index is 0.0848. The van der Waals surface area contributed by atoms with Crippen LogP contribution < -0.4 is 5.73 Å². The van der Waals surface area contributed by atoms with Crippen LogP contribution in [0.1, 0.15) is 47.6 Å². The summed E-state index contributed by atoms with van der Waals surface area (Å²) in [6.07, 6.45) is 3.48. The Kier molecular flexibility index (Phi) is 3.11. The van der Waals surface area contributed by atoms with Crippen molar-refractivity contribution >= 4 is 17.2 Å². The Morgan fingerprint density at radius 1 is 1.61 bits per heavy atom. The maximum absolute atomic E-state index is 12.4. The number of rotatable bonds is 3. The Hall–Kier alpha value is -0.940. The first-order chi connectivity index (χ1) is 8.69. The number of hydrogen-bond acceptors (Lipinski definition) is 4. The Bertz CT molecular complexity index is 455. The number of hydrogen-bond donors (Lipinski definition) is 1. The lowest BCUT2D eigenvalue weighted by molar-refractivity contribution is 0.0738. The maximum Gasteiger partial charge on any atom is 0.273 e. The molecule has 2 unspecified atom stereocenters. The molecule has 3 rings (SSSR count). The van der Waals surface area contributed by atoms with E-state index in [2.05, 4.69) is 11.9 Å². The number of nitrogens with two attached hydrogens (primary N) is 1. The zero-order valence-corrected chi connectivity index (χ0v) is 11.4. The van der Waals surface area contributed by atoms with Gasteiger partial charge in [-0.3, -0.25) is 4.79 Å². The second-order valence-electron chi connectivity index (χ2n) is 5.49. The van der Waals surface area contributed by atoms with E-state index in [0.717, 1.165) is 18.0 Å². The summed E-state index contributed by atoms with van der Waals surface area (Å²) in [5.41, 5.74) is 6.33. The van der Waals surface area contributed by atoms with Gasteiger partial charge in [0.15, 0.2) is 0 Å². The van der Waals surface area contributed by atoms with Crippen molar-refractivity contribution in [2.75, 3.05) is 13.1 Å². The smallest absolute Gasteiger partial charge is 0.273 e. The fraction of sp³-hybridized carbons (Fsp3) is 0.692. The van der Waals surface area contributed by atoms with Crippen LogP contribution in [0.5, 0.6) is 0 Å². The van der Waals surface area contributed by atoms with Crippen LogP contribution in [0.4, 0.5) is 0 Å². The molecule has 18 heavy (non-hydrogen) atoms. The van der Waals surface area contributed by atoms with E-state index in [-0.39, 0.29) is 11.9 Å². The summed E-state index contributed by atoms with van der Waals surface area (Å²) < 4.78 is 0. The quantitative estimate of drug-likeness (QED) is 0.907. The van der Waals surface area contributed by atoms with Crippen molar-refractivity contribution < 1.29 is 4.79 Å². The Morgan fingerprint density at radius 3 is 3.00 bits per heavy atom. The molecule has 0 spiro atoms. The number of nitrogens with zero attached hydrogens (tertiary/aromatic N) is 2. The highest BCUT2D eigenvalue weighted by Crippen LogP contribution is 2.41. The molecule has 2 atom stereocenters. The molecule has 1 saturated carbocycles. The van der Waals surface area contributed by atoms with Crippen LogP contribution in [-0.2, 0) is 0 Å². The first kappa shape index (κ1) is 12.1. The minimum atomic E-state index is 0.0848. The molecule has 4 nitrogen and oxygen atoms in total. The second kappa shape index (κ2) is 4.63. The first-order valence-corrected chi connectivity index (χ1v) is 7.53. The summed E-state index contributed by atoms with van der Waals surface area (Å²) in [4.78, 5) is 18.8. The number of carbonyl (C=O) groups is 1. The Labute approximate surface area is 111 Å². The van der Waals surface area contributed by atoms with E-state index >= 15 is 0 Å². The number of carbonyl (C=O) groups excluding carboxylic acids is 1. The summed E-state index contributed by atoms with van der Waals surface area (Å²) in [6, 6.07) is 0.289. The molecule has 2 fully saturated rings. The third-order valence-corrected chi connectivity index (χ3v) is 4.93. The zero-order chi connectivity index (χ0) is 12.7. The molecule has 98 valence electrons. The van der Waals surface area contributed by atoms with Gasteiger partial charge in [0.1, 0.15) is 5.69 Å². The van der Waals surface area contributed by atoms with Crippen LogP contribution in [0.3, 0.4) is 0 Å². The van der Waals surface area contributed by atoms with E-state index < -0.39 is 0 Å². The third kappa shape index (κ3) is 2.17. The lowest BCUT2D eigenvalue weighted by Crippen LogP contribution is -2.34. The van der Waals surface area contributed by atoms with E-state index in [4.69, 9.17) is 5.73 Å². The molecule has 0 radical (unpaired) electrons. The van der Waals surface area contributed by atoms with Crippen molar-refractivity contribution in [1.82, 2.24) is 9.88 Å². The van der Waals surface area contributed by atoms with Crippen LogP contribution in [0.2, 0.25) is 0 Å². The normalized spacial score (nSPS) is 27.8. The first-order valence-electron chi connectivity index (χ1n) is 6.65. The minimum Gasteiger partial charge on any atom is -0.334 e. The van der Waals surface area contributed by atoms with E-state index in [1.54, 1.807) is 11.3 Å². The van der Waals surface area contributed by atoms with E-state index in [1.165, 1.54) is 12.8 Å². The molecular formula is C13H19N3OS. The average molecular weight is 265 g/mol. The molecule has 2 aliphatic rings. The van der Waals surface area contributed by atoms with Crippen LogP contribution in [0, 0.1) is 5.92 Å². The standard InChI is InChI=1S/C13H19N3OS/c1-8-4-9(5-14)6-16(8)13(17)11-7-18-12(15-11)10-2-3-10/h7-10H,2-6,14H2,1H3. The molecular weight excluding hydrogens is 246 g/mol. The van der Waals surface area contributed by atoms with Crippen molar-refractivity contribution in [3.8, 4) is 0 Å². The molecule has 5 heteroatoms. The highest BCUT2D eigenvalue weighted by atomic mass is 32.1. The highest BCUT2D eigenvalue weighted by molar-refractivity contribution is 7.10. The van der Waals surface area contributed by atoms with Crippen LogP contribution in [0.25, 0.3) is 0 Å². The monoisotopic (exact) mass is 265 g/mol. The fourth-order valence-corrected chi connectivity index (χ4v) is 3.61. The van der Waals surface area contributed by atoms with Crippen molar-refractivity contribution in [1.29, 1.82) is 0 Å². The molecule has 1 aromatic heterocycles. The molecule has 1 saturated heterocycles. The summed E-state index contributed by atoms with van der Waals surface area (Å²) >= 11 is 1.63. The SMILES string of the molecule is CC1CC(CN)CN1C(=O)c1csc(C2CC2)n1. The number of amides is 1. The van der Waals surface area contributed by atoms with Gasteiger partial charge in [-0.05, 0) is 38.6 Å². The van der Waals surface area contributed by atoms with Gasteiger partial charge in [-0.15, -0.1) is 11.3 Å². The summed E-state index contributed by atoms with van der Waals surface area (Å²) in [7, 11) is 0. The zero-order valence-electron chi connectivity index (χ0n) is 10.6. The van der Waals surface area contributed by atoms with E-state index in [1.807, 2.05) is 10.3 Å². The van der Waals surface area contributed by atoms with Crippen LogP contribution in [-0.4, -0.2) is 34.9 Å². The van der Waals surface area contributed by atoms with Crippen molar-refractivity contribution in [2.24, 2.45) is 11.7 Å². The molecule has 1 aromatic rings. The van der Waals surface area contributed by atoms with Gasteiger partial charge in [0.05, 0.1) is 5.01 Å². The van der Waals surface area contributed by atoms with Crippen molar-refractivity contribution in [2.45, 2.75) is 38.1 Å². The summed E-state index contributed by atoms with van der Waals surface area (Å²) in [5.74, 6) is 1.16. The van der Waals surface area contributed by atoms with Gasteiger partial charge in [-0.2, -0.15) is 0 Å². The number of aromatic nitrogens is 1. The fourth-order valence-electron chi connectivity index (χ4n) is 2.65. The Balaban J connectivity index is 1.73. The lowest BCUT2D eigenvalue weighted by Gasteiger charge is -2.20. The molecule has 1 aliphatic carbocycles. The van der Waals surface area contributed by atoms with Gasteiger partial charge < -0.3 is 10.6 Å². The van der Waals surface area contributed by atoms with Gasteiger partial charge in [-0.1, -0.05) is 0 Å². The summed E-state index contributed by atoms with van der Waals surface area (Å²) in [6.45, 7) is 3.55. The van der Waals surface area contributed by atoms with E-state index in [0.29, 0.717) is 24.1 Å². The molecule has 1 aliphatic heterocycles. The van der Waals surface area contributed by atoms with E-state index in [9.17, 15) is 4.79 Å². The van der Waals surface area contributed by atoms with Gasteiger partial charge in [0.2, 0.25) is 0 Å². The van der Waals surface area contributed by atoms with Crippen molar-refractivity contribution in [3.63, 3.8) is 0 Å². The molecule has 0 aromatic carbocycles. The van der Waals surface area contributed by atoms with Crippen LogP contribution in [0.15, 0.2) is 5.38 Å². The highest BCUT2D eigenvalue weighted by Gasteiger charge is 2.34. The van der Waals surface area contributed by atoms with Gasteiger partial charge in [0, 0.05) is 23.9 Å². The topological polar surface area (TPSA) is 59.2 Å². The summed E-state index contributed by atoms with van der Waals surface area (Å²) in [5, 5.41) is 3.05. The average Bonchev–Trinajstić information content (AvgIpc) is 2.98. The molecule has 0 bridgehead atoms. The van der Waals surface area contributed by atoms with Crippen molar-refractivity contribution in [3.05, 3.63) is 16.1 Å². The largest absolute Gasteiger partial charge is 0.334 e. The molecule has 1 amide bonds.